The molecule has 6 rings (SSSR count). The fourth-order valence-electron chi connectivity index (χ4n) is 9.94. The second-order valence-electron chi connectivity index (χ2n) is 20.6. The standard InChI is InChI=1S/2C26H36N2O5SSi/c2*1-26(2,3)35(21-10-6-4-7-11-21,22-12-8-5-9-13-22)33-24(23-15-14-20(23)19-29)18-25(30)28-16-17-34(27,31)32/h2*4-13,19-20,23-24H,14-18H2,1-3H3,(H,28,30)(H2,27,31,32)/t20-,23+,24+;20-,23+,24-/m00/s1. The highest BCUT2D eigenvalue weighted by Gasteiger charge is 2.55. The van der Waals surface area contributed by atoms with Crippen molar-refractivity contribution in [1.29, 1.82) is 0 Å². The molecule has 2 fully saturated rings. The molecule has 0 spiro atoms. The van der Waals surface area contributed by atoms with Crippen molar-refractivity contribution in [2.24, 2.45) is 33.9 Å². The van der Waals surface area contributed by atoms with Crippen LogP contribution in [0.2, 0.25) is 10.1 Å². The van der Waals surface area contributed by atoms with Crippen molar-refractivity contribution in [2.75, 3.05) is 24.6 Å². The third-order valence-corrected chi connectivity index (χ3v) is 25.4. The fourth-order valence-corrected chi connectivity index (χ4v) is 20.2. The molecule has 2 aliphatic carbocycles. The smallest absolute Gasteiger partial charge is 0.261 e. The molecule has 2 aliphatic rings. The molecular formula is C52H72N4O10S2Si2. The van der Waals surface area contributed by atoms with Gasteiger partial charge in [-0.25, -0.2) is 27.1 Å². The van der Waals surface area contributed by atoms with E-state index in [1.807, 2.05) is 72.8 Å². The average Bonchev–Trinajstić information content (AvgIpc) is 3.26. The van der Waals surface area contributed by atoms with Crippen molar-refractivity contribution in [1.82, 2.24) is 10.6 Å². The Morgan fingerprint density at radius 3 is 1.01 bits per heavy atom. The van der Waals surface area contributed by atoms with Gasteiger partial charge in [-0.1, -0.05) is 163 Å². The molecule has 380 valence electrons. The number of benzene rings is 4. The van der Waals surface area contributed by atoms with E-state index >= 15 is 0 Å². The molecule has 4 aromatic rings. The van der Waals surface area contributed by atoms with Gasteiger partial charge in [0.2, 0.25) is 31.9 Å². The summed E-state index contributed by atoms with van der Waals surface area (Å²) in [4.78, 5) is 49.3. The second-order valence-corrected chi connectivity index (χ2v) is 32.5. The first-order chi connectivity index (χ1) is 33.0. The first-order valence-electron chi connectivity index (χ1n) is 24.0. The number of aldehydes is 2. The quantitative estimate of drug-likeness (QED) is 0.0655. The normalized spacial score (nSPS) is 19.4. The highest BCUT2D eigenvalue weighted by Crippen LogP contribution is 2.45. The number of nitrogens with two attached hydrogens (primary N) is 2. The van der Waals surface area contributed by atoms with Crippen LogP contribution in [-0.4, -0.2) is 94.7 Å². The number of carbonyl (C=O) groups is 4. The summed E-state index contributed by atoms with van der Waals surface area (Å²) in [7, 11) is -13.2. The zero-order valence-electron chi connectivity index (χ0n) is 41.3. The van der Waals surface area contributed by atoms with Crippen LogP contribution in [-0.2, 0) is 48.1 Å². The summed E-state index contributed by atoms with van der Waals surface area (Å²) in [5, 5.41) is 19.3. The molecule has 70 heavy (non-hydrogen) atoms. The van der Waals surface area contributed by atoms with Crippen LogP contribution in [0.15, 0.2) is 121 Å². The van der Waals surface area contributed by atoms with E-state index in [0.717, 1.165) is 59.0 Å². The van der Waals surface area contributed by atoms with E-state index in [-0.39, 0.29) is 83.0 Å². The Morgan fingerprint density at radius 1 is 0.543 bits per heavy atom. The maximum atomic E-state index is 12.9. The number of amides is 2. The van der Waals surface area contributed by atoms with Gasteiger partial charge in [-0.05, 0) is 68.3 Å². The van der Waals surface area contributed by atoms with E-state index in [0.29, 0.717) is 0 Å². The van der Waals surface area contributed by atoms with Crippen molar-refractivity contribution in [3.8, 4) is 0 Å². The summed E-state index contributed by atoms with van der Waals surface area (Å²) in [6, 6.07) is 40.6. The summed E-state index contributed by atoms with van der Waals surface area (Å²) >= 11 is 0. The third kappa shape index (κ3) is 14.3. The van der Waals surface area contributed by atoms with Crippen LogP contribution in [0.4, 0.5) is 0 Å². The number of hydrogen-bond donors (Lipinski definition) is 4. The average molecular weight is 1030 g/mol. The Hall–Kier alpha value is -4.67. The van der Waals surface area contributed by atoms with Gasteiger partial charge in [0, 0.05) is 24.9 Å². The lowest BCUT2D eigenvalue weighted by Crippen LogP contribution is -2.68. The Kier molecular flexibility index (Phi) is 19.4. The van der Waals surface area contributed by atoms with E-state index in [1.54, 1.807) is 0 Å². The molecule has 0 aliphatic heterocycles. The lowest BCUT2D eigenvalue weighted by molar-refractivity contribution is -0.127. The lowest BCUT2D eigenvalue weighted by Gasteiger charge is -2.49. The van der Waals surface area contributed by atoms with Crippen molar-refractivity contribution >= 4 is 81.8 Å². The van der Waals surface area contributed by atoms with E-state index in [2.05, 4.69) is 101 Å². The molecule has 18 heteroatoms. The van der Waals surface area contributed by atoms with Gasteiger partial charge in [0.05, 0.1) is 36.6 Å². The van der Waals surface area contributed by atoms with Gasteiger partial charge in [-0.3, -0.25) is 9.59 Å². The molecule has 0 heterocycles. The molecule has 4 aromatic carbocycles. The van der Waals surface area contributed by atoms with Crippen molar-refractivity contribution < 1.29 is 44.9 Å². The van der Waals surface area contributed by atoms with Crippen molar-refractivity contribution in [2.45, 2.75) is 102 Å². The number of nitrogens with one attached hydrogen (secondary N) is 2. The zero-order valence-corrected chi connectivity index (χ0v) is 44.9. The molecule has 0 unspecified atom stereocenters. The lowest BCUT2D eigenvalue weighted by atomic mass is 9.71. The number of primary sulfonamides is 2. The number of hydrogen-bond acceptors (Lipinski definition) is 10. The van der Waals surface area contributed by atoms with Crippen LogP contribution in [0.1, 0.15) is 80.1 Å². The minimum Gasteiger partial charge on any atom is -0.404 e. The molecule has 2 amide bonds. The van der Waals surface area contributed by atoms with Crippen LogP contribution in [0.5, 0.6) is 0 Å². The van der Waals surface area contributed by atoms with Crippen molar-refractivity contribution in [3.63, 3.8) is 0 Å². The van der Waals surface area contributed by atoms with Crippen molar-refractivity contribution in [3.05, 3.63) is 121 Å². The van der Waals surface area contributed by atoms with E-state index in [1.165, 1.54) is 0 Å². The highest BCUT2D eigenvalue weighted by atomic mass is 32.2. The van der Waals surface area contributed by atoms with Crippen LogP contribution in [0.25, 0.3) is 0 Å². The maximum absolute atomic E-state index is 12.9. The molecule has 6 atom stereocenters. The SMILES string of the molecule is CC(C)(C)[Si](O[C@@H](CC(=O)NCCS(N)(=O)=O)[C@@H]1CC[C@H]1C=O)(c1ccccc1)c1ccccc1.CC(C)(C)[Si](O[C@H](CC(=O)NCCS(N)(=O)=O)[C@@H]1CC[C@H]1C=O)(c1ccccc1)c1ccccc1. The minimum absolute atomic E-state index is 0.0458. The van der Waals surface area contributed by atoms with Gasteiger partial charge in [-0.15, -0.1) is 0 Å². The predicted molar refractivity (Wildman–Crippen MR) is 281 cm³/mol. The monoisotopic (exact) mass is 1030 g/mol. The maximum Gasteiger partial charge on any atom is 0.261 e. The Labute approximate surface area is 417 Å². The largest absolute Gasteiger partial charge is 0.404 e. The second kappa shape index (κ2) is 24.2. The summed E-state index contributed by atoms with van der Waals surface area (Å²) in [6.45, 7) is 12.9. The van der Waals surface area contributed by atoms with Gasteiger partial charge >= 0.3 is 0 Å². The number of rotatable bonds is 22. The summed E-state index contributed by atoms with van der Waals surface area (Å²) in [5.41, 5.74) is 0. The first-order valence-corrected chi connectivity index (χ1v) is 31.2. The van der Waals surface area contributed by atoms with Gasteiger partial charge in [0.1, 0.15) is 12.6 Å². The van der Waals surface area contributed by atoms with E-state index < -0.39 is 48.9 Å². The van der Waals surface area contributed by atoms with Crippen LogP contribution in [0.3, 0.4) is 0 Å². The fraction of sp³-hybridized carbons (Fsp3) is 0.462. The first kappa shape index (κ1) is 56.3. The summed E-state index contributed by atoms with van der Waals surface area (Å²) in [5.74, 6) is -1.75. The third-order valence-electron chi connectivity index (χ3n) is 13.8. The van der Waals surface area contributed by atoms with Gasteiger partial charge in [0.15, 0.2) is 0 Å². The number of sulfonamides is 2. The van der Waals surface area contributed by atoms with Crippen LogP contribution in [0, 0.1) is 23.7 Å². The molecule has 0 radical (unpaired) electrons. The predicted octanol–water partition coefficient (Wildman–Crippen LogP) is 3.90. The molecule has 2 saturated carbocycles. The highest BCUT2D eigenvalue weighted by molar-refractivity contribution is 7.89. The summed E-state index contributed by atoms with van der Waals surface area (Å²) in [6.07, 6.45) is 4.22. The van der Waals surface area contributed by atoms with E-state index in [9.17, 15) is 36.0 Å². The molecule has 6 N–H and O–H groups in total. The molecule has 14 nitrogen and oxygen atoms in total. The zero-order chi connectivity index (χ0) is 51.4. The molecule has 0 saturated heterocycles. The molecule has 0 aromatic heterocycles. The molecule has 0 bridgehead atoms. The Balaban J connectivity index is 0.000000261. The Morgan fingerprint density at radius 2 is 0.814 bits per heavy atom. The van der Waals surface area contributed by atoms with Crippen LogP contribution < -0.4 is 41.7 Å². The van der Waals surface area contributed by atoms with Gasteiger partial charge < -0.3 is 29.1 Å². The summed E-state index contributed by atoms with van der Waals surface area (Å²) < 4.78 is 59.5. The topological polar surface area (TPSA) is 231 Å². The van der Waals surface area contributed by atoms with Crippen LogP contribution >= 0.6 is 0 Å². The molecular weight excluding hydrogens is 961 g/mol. The van der Waals surface area contributed by atoms with E-state index in [4.69, 9.17) is 19.1 Å². The Bertz CT molecular complexity index is 2310. The van der Waals surface area contributed by atoms with Gasteiger partial charge in [-0.2, -0.15) is 0 Å². The van der Waals surface area contributed by atoms with Gasteiger partial charge in [0.25, 0.3) is 16.6 Å². The number of carbonyl (C=O) groups excluding carboxylic acids is 4. The minimum atomic E-state index is -3.68.